The molecule has 0 atom stereocenters. The summed E-state index contributed by atoms with van der Waals surface area (Å²) in [5, 5.41) is 0. The second kappa shape index (κ2) is 55.5. The van der Waals surface area contributed by atoms with Gasteiger partial charge in [-0.05, 0) is 0 Å². The van der Waals surface area contributed by atoms with Gasteiger partial charge in [0.25, 0.3) is 0 Å². The van der Waals surface area contributed by atoms with E-state index in [2.05, 4.69) is 81.4 Å². The smallest absolute Gasteiger partial charge is 0.0654 e. The summed E-state index contributed by atoms with van der Waals surface area (Å²) in [6, 6.07) is 5.48. The van der Waals surface area contributed by atoms with E-state index in [4.69, 9.17) is 17.5 Å². The van der Waals surface area contributed by atoms with E-state index >= 15 is 8.78 Å². The summed E-state index contributed by atoms with van der Waals surface area (Å²) in [5.41, 5.74) is 9.76. The normalized spacial score (nSPS) is 13.8. The van der Waals surface area contributed by atoms with E-state index in [-0.39, 0.29) is 11.6 Å². The zero-order valence-corrected chi connectivity index (χ0v) is 81.4. The summed E-state index contributed by atoms with van der Waals surface area (Å²) in [4.78, 5) is 0. The average Bonchev–Trinajstić information content (AvgIpc) is 1.50. The summed E-state index contributed by atoms with van der Waals surface area (Å²) in [6.07, 6.45) is 79.8. The van der Waals surface area contributed by atoms with E-state index in [0.717, 1.165) is 121 Å². The number of benzene rings is 3. The first kappa shape index (κ1) is 95.9. The molecule has 2 aliphatic carbocycles. The van der Waals surface area contributed by atoms with Crippen molar-refractivity contribution in [1.29, 1.82) is 0 Å². The summed E-state index contributed by atoms with van der Waals surface area (Å²) in [6.45, 7) is 23.7. The van der Waals surface area contributed by atoms with E-state index in [9.17, 15) is 0 Å². The second-order valence-corrected chi connectivity index (χ2v) is 64.0. The van der Waals surface area contributed by atoms with Crippen molar-refractivity contribution in [3.8, 4) is 22.3 Å². The average molecular weight is 1770 g/mol. The number of hydrogen-bond donors (Lipinski definition) is 0. The summed E-state index contributed by atoms with van der Waals surface area (Å²) in [7, 11) is 0. The first-order valence-electron chi connectivity index (χ1n) is 49.3. The predicted octanol–water partition coefficient (Wildman–Crippen LogP) is 35.0. The fourth-order valence-electron chi connectivity index (χ4n) is 21.3. The van der Waals surface area contributed by atoms with Gasteiger partial charge in [0.05, 0.1) is 0 Å². The van der Waals surface area contributed by atoms with Gasteiger partial charge in [-0.25, -0.2) is 0 Å². The van der Waals surface area contributed by atoms with Gasteiger partial charge >= 0.3 is 545 Å². The van der Waals surface area contributed by atoms with Crippen LogP contribution in [0.25, 0.3) is 44.3 Å². The number of halogens is 2. The number of aromatic nitrogens is 4. The van der Waals surface area contributed by atoms with Gasteiger partial charge in [0.1, 0.15) is 0 Å². The van der Waals surface area contributed by atoms with Gasteiger partial charge < -0.3 is 0 Å². The molecule has 626 valence electrons. The molecule has 0 bridgehead atoms. The van der Waals surface area contributed by atoms with Crippen molar-refractivity contribution in [2.24, 2.45) is 0 Å². The van der Waals surface area contributed by atoms with Crippen molar-refractivity contribution in [1.82, 2.24) is 17.5 Å². The Balaban J connectivity index is 1.50. The van der Waals surface area contributed by atoms with Crippen molar-refractivity contribution in [3.05, 3.63) is 46.0 Å². The predicted molar refractivity (Wildman–Crippen MR) is 493 cm³/mol. The molecular formula is C100H172F2N4S2Sn2. The third-order valence-electron chi connectivity index (χ3n) is 28.0. The van der Waals surface area contributed by atoms with Gasteiger partial charge in [0.15, 0.2) is 0 Å². The number of hydrogen-bond acceptors (Lipinski definition) is 6. The maximum absolute atomic E-state index is 21.4. The Morgan fingerprint density at radius 1 is 0.236 bits per heavy atom. The minimum absolute atomic E-state index is 0.0895. The molecule has 7 rings (SSSR count). The Morgan fingerprint density at radius 2 is 0.418 bits per heavy atom. The van der Waals surface area contributed by atoms with Crippen LogP contribution in [0.3, 0.4) is 0 Å². The van der Waals surface area contributed by atoms with Gasteiger partial charge in [-0.1, -0.05) is 156 Å². The van der Waals surface area contributed by atoms with Crippen molar-refractivity contribution >= 4 is 89.4 Å². The van der Waals surface area contributed by atoms with Crippen molar-refractivity contribution in [2.75, 3.05) is 0 Å². The topological polar surface area (TPSA) is 51.6 Å². The molecule has 4 nitrogen and oxygen atoms in total. The third kappa shape index (κ3) is 27.4. The van der Waals surface area contributed by atoms with Crippen molar-refractivity contribution in [2.45, 2.75) is 518 Å². The Bertz CT molecular complexity index is 2930. The van der Waals surface area contributed by atoms with Crippen molar-refractivity contribution < 1.29 is 8.78 Å². The molecule has 2 aromatic heterocycles. The van der Waals surface area contributed by atoms with Crippen LogP contribution in [-0.2, 0) is 10.8 Å². The molecular weight excluding hydrogens is 1600 g/mol. The molecule has 5 aromatic rings. The molecule has 10 heteroatoms. The quantitative estimate of drug-likeness (QED) is 0.0288. The molecule has 0 aliphatic heterocycles. The van der Waals surface area contributed by atoms with Gasteiger partial charge in [-0.15, -0.1) is 0 Å². The molecule has 110 heavy (non-hydrogen) atoms. The van der Waals surface area contributed by atoms with Crippen LogP contribution in [0.4, 0.5) is 8.78 Å². The number of rotatable bonds is 72. The third-order valence-corrected chi connectivity index (χ3v) is 60.2. The Hall–Kier alpha value is -1.24. The van der Waals surface area contributed by atoms with Crippen LogP contribution in [0.15, 0.2) is 12.1 Å². The second-order valence-electron chi connectivity index (χ2n) is 36.6. The van der Waals surface area contributed by atoms with E-state index in [0.29, 0.717) is 11.1 Å². The van der Waals surface area contributed by atoms with E-state index in [1.165, 1.54) is 395 Å². The molecule has 0 N–H and O–H groups in total. The number of unbranched alkanes of at least 4 members (excludes halogenated alkanes) is 50. The molecule has 0 saturated carbocycles. The number of nitrogens with zero attached hydrogens (tertiary/aromatic N) is 4. The summed E-state index contributed by atoms with van der Waals surface area (Å²) < 4.78 is 76.1. The molecule has 0 saturated heterocycles. The van der Waals surface area contributed by atoms with Crippen LogP contribution in [0.5, 0.6) is 0 Å². The molecule has 0 amide bonds. The SMILES string of the molecule is CCCCCCCCCCCCCCC1(CCCCCCCCCCCCCC)c2c[c]([Sn]([CH2]CCC)([CH2]CCC)[CH2]CCC)c3nsnc3c2-c2c(F)c3c(c(F)c21)-c1c(c[c]([Sn]([CH2]CCC)([CH2]CCC)[CH2]CCC)c2nsnc12)C3(CCCCCCCCCCCCCC)CCCCCCCCCCCCCC. The molecule has 0 fully saturated rings. The van der Waals surface area contributed by atoms with Gasteiger partial charge in [-0.2, -0.15) is 0 Å². The van der Waals surface area contributed by atoms with Gasteiger partial charge in [0.2, 0.25) is 0 Å². The van der Waals surface area contributed by atoms with Gasteiger partial charge in [0, 0.05) is 0 Å². The zero-order valence-electron chi connectivity index (χ0n) is 74.0. The van der Waals surface area contributed by atoms with Crippen LogP contribution < -0.4 is 7.16 Å². The Kier molecular flexibility index (Phi) is 48.4. The van der Waals surface area contributed by atoms with E-state index < -0.39 is 47.6 Å². The van der Waals surface area contributed by atoms with E-state index in [1.54, 1.807) is 7.16 Å². The molecule has 0 unspecified atom stereocenters. The molecule has 0 radical (unpaired) electrons. The summed E-state index contributed by atoms with van der Waals surface area (Å²) in [5.74, 6) is -0.179. The summed E-state index contributed by atoms with van der Waals surface area (Å²) >= 11 is -4.00. The fraction of sp³-hybridized carbons (Fsp3) is 0.820. The minimum atomic E-state index is -3.38. The minimum Gasteiger partial charge on any atom is -0.0654 e. The fourth-order valence-corrected chi connectivity index (χ4v) is 55.9. The number of fused-ring (bicyclic) bond motifs is 10. The van der Waals surface area contributed by atoms with Crippen molar-refractivity contribution in [3.63, 3.8) is 0 Å². The van der Waals surface area contributed by atoms with Crippen LogP contribution in [0.2, 0.25) is 26.6 Å². The first-order chi connectivity index (χ1) is 54.1. The van der Waals surface area contributed by atoms with Crippen LogP contribution in [0, 0.1) is 11.6 Å². The van der Waals surface area contributed by atoms with Crippen LogP contribution in [0.1, 0.15) is 502 Å². The molecule has 2 aliphatic rings. The first-order valence-corrected chi connectivity index (χ1v) is 65.7. The Labute approximate surface area is 695 Å². The molecule has 0 spiro atoms. The Morgan fingerprint density at radius 3 is 0.618 bits per heavy atom. The van der Waals surface area contributed by atoms with E-state index in [1.807, 2.05) is 0 Å². The molecule has 2 heterocycles. The van der Waals surface area contributed by atoms with Crippen LogP contribution >= 0.6 is 23.5 Å². The molecule has 3 aromatic carbocycles. The maximum atomic E-state index is 21.4. The monoisotopic (exact) mass is 1770 g/mol. The standard InChI is InChI=1S/C76H118F2N4S2.6C4H9.2Sn/c1-5-9-13-17-21-25-29-33-37-41-45-49-57-75(58-50-46-42-38-34-30-26-22-18-14-10-6-2)61-53-55-63-73(81-83-79-63)65(61)67-69(75)71(77)68-66-62(54-56-64-74(66)82-84-80-64)76(70(68)72(67)78,59-51-47-43-39-35-31-27-23-19-15-11-7-3)60-52-48-44-40-36-32-28-24-20-16-12-8-4;6*1-3-4-2;;/h53-54H,5-52,57-60H2,1-4H3;6*1,3-4H2,2H3;;. The van der Waals surface area contributed by atoms with Gasteiger partial charge in [-0.3, -0.25) is 0 Å². The van der Waals surface area contributed by atoms with Crippen LogP contribution in [-0.4, -0.2) is 54.2 Å². The zero-order chi connectivity index (χ0) is 78.4.